The van der Waals surface area contributed by atoms with E-state index in [1.807, 2.05) is 49.4 Å². The molecule has 1 aliphatic carbocycles. The summed E-state index contributed by atoms with van der Waals surface area (Å²) in [5.74, 6) is -0.0742. The van der Waals surface area contributed by atoms with Gasteiger partial charge in [-0.25, -0.2) is 0 Å². The molecule has 0 saturated heterocycles. The monoisotopic (exact) mass is 389 g/mol. The minimum atomic E-state index is -0.0851. The minimum absolute atomic E-state index is 0.0109. The number of hydrogen-bond donors (Lipinski definition) is 3. The van der Waals surface area contributed by atoms with Crippen molar-refractivity contribution in [3.63, 3.8) is 0 Å². The van der Waals surface area contributed by atoms with E-state index in [1.54, 1.807) is 0 Å². The van der Waals surface area contributed by atoms with Gasteiger partial charge < -0.3 is 15.6 Å². The van der Waals surface area contributed by atoms with E-state index < -0.39 is 0 Å². The van der Waals surface area contributed by atoms with Gasteiger partial charge in [-0.1, -0.05) is 19.1 Å². The van der Waals surface area contributed by atoms with Crippen LogP contribution in [0.15, 0.2) is 42.5 Å². The second kappa shape index (κ2) is 8.52. The molecule has 4 rings (SSSR count). The molecule has 1 aliphatic rings. The van der Waals surface area contributed by atoms with E-state index >= 15 is 0 Å². The Kier molecular flexibility index (Phi) is 5.65. The van der Waals surface area contributed by atoms with Gasteiger partial charge in [0.1, 0.15) is 0 Å². The summed E-state index contributed by atoms with van der Waals surface area (Å²) in [5, 5.41) is 7.06. The van der Waals surface area contributed by atoms with Crippen LogP contribution in [0.2, 0.25) is 0 Å². The standard InChI is InChI=1S/C24H27N3O2/c1-2-6-23(28)26-18-8-5-7-16(13-18)15-25-24(29)17-11-12-22-20(14-17)19-9-3-4-10-21(19)27-22/h5,7-8,11-14,27H,2-4,6,9-10,15H2,1H3,(H,25,29)(H,26,28). The van der Waals surface area contributed by atoms with E-state index in [0.29, 0.717) is 18.5 Å². The first-order valence-electron chi connectivity index (χ1n) is 10.4. The molecule has 0 saturated carbocycles. The predicted molar refractivity (Wildman–Crippen MR) is 116 cm³/mol. The van der Waals surface area contributed by atoms with E-state index in [0.717, 1.165) is 36.0 Å². The summed E-state index contributed by atoms with van der Waals surface area (Å²) >= 11 is 0. The van der Waals surface area contributed by atoms with E-state index in [2.05, 4.69) is 15.6 Å². The topological polar surface area (TPSA) is 74.0 Å². The molecule has 0 aliphatic heterocycles. The Morgan fingerprint density at radius 1 is 1.07 bits per heavy atom. The summed E-state index contributed by atoms with van der Waals surface area (Å²) < 4.78 is 0. The lowest BCUT2D eigenvalue weighted by molar-refractivity contribution is -0.116. The van der Waals surface area contributed by atoms with Gasteiger partial charge in [0.2, 0.25) is 5.91 Å². The molecular weight excluding hydrogens is 362 g/mol. The Morgan fingerprint density at radius 3 is 2.79 bits per heavy atom. The number of aryl methyl sites for hydroxylation is 2. The Labute approximate surface area is 170 Å². The van der Waals surface area contributed by atoms with Crippen molar-refractivity contribution in [1.82, 2.24) is 10.3 Å². The highest BCUT2D eigenvalue weighted by Gasteiger charge is 2.16. The average molecular weight is 389 g/mol. The number of H-pyrrole nitrogens is 1. The van der Waals surface area contributed by atoms with Crippen molar-refractivity contribution in [2.24, 2.45) is 0 Å². The number of carbonyl (C=O) groups excluding carboxylic acids is 2. The van der Waals surface area contributed by atoms with Gasteiger partial charge in [0.05, 0.1) is 0 Å². The maximum atomic E-state index is 12.7. The Hall–Kier alpha value is -3.08. The zero-order valence-electron chi connectivity index (χ0n) is 16.8. The van der Waals surface area contributed by atoms with Crippen LogP contribution < -0.4 is 10.6 Å². The number of aromatic nitrogens is 1. The second-order valence-corrected chi connectivity index (χ2v) is 7.73. The normalized spacial score (nSPS) is 13.1. The van der Waals surface area contributed by atoms with Crippen LogP contribution in [0.1, 0.15) is 59.8 Å². The van der Waals surface area contributed by atoms with E-state index in [9.17, 15) is 9.59 Å². The lowest BCUT2D eigenvalue weighted by atomic mass is 9.95. The van der Waals surface area contributed by atoms with E-state index in [1.165, 1.54) is 29.5 Å². The van der Waals surface area contributed by atoms with Crippen molar-refractivity contribution >= 4 is 28.4 Å². The van der Waals surface area contributed by atoms with Crippen LogP contribution in [0.25, 0.3) is 10.9 Å². The summed E-state index contributed by atoms with van der Waals surface area (Å²) in [6.45, 7) is 2.39. The second-order valence-electron chi connectivity index (χ2n) is 7.73. The summed E-state index contributed by atoms with van der Waals surface area (Å²) in [7, 11) is 0. The van der Waals surface area contributed by atoms with Gasteiger partial charge >= 0.3 is 0 Å². The van der Waals surface area contributed by atoms with Crippen LogP contribution in [0.5, 0.6) is 0 Å². The number of amides is 2. The maximum Gasteiger partial charge on any atom is 0.251 e. The first-order chi connectivity index (χ1) is 14.1. The van der Waals surface area contributed by atoms with Gasteiger partial charge in [-0.2, -0.15) is 0 Å². The highest BCUT2D eigenvalue weighted by molar-refractivity contribution is 5.99. The van der Waals surface area contributed by atoms with Gasteiger partial charge in [-0.3, -0.25) is 9.59 Å². The zero-order valence-corrected chi connectivity index (χ0v) is 16.8. The van der Waals surface area contributed by atoms with Gasteiger partial charge in [-0.05, 0) is 73.6 Å². The van der Waals surface area contributed by atoms with E-state index in [-0.39, 0.29) is 11.8 Å². The number of aromatic amines is 1. The van der Waals surface area contributed by atoms with Crippen LogP contribution >= 0.6 is 0 Å². The molecule has 0 atom stereocenters. The lowest BCUT2D eigenvalue weighted by Crippen LogP contribution is -2.22. The van der Waals surface area contributed by atoms with Gasteiger partial charge in [0, 0.05) is 40.8 Å². The fourth-order valence-corrected chi connectivity index (χ4v) is 4.04. The molecule has 0 unspecified atom stereocenters. The Morgan fingerprint density at radius 2 is 1.93 bits per heavy atom. The number of fused-ring (bicyclic) bond motifs is 3. The number of benzene rings is 2. The number of hydrogen-bond acceptors (Lipinski definition) is 2. The molecule has 2 amide bonds. The largest absolute Gasteiger partial charge is 0.358 e. The molecule has 3 aromatic rings. The molecule has 1 aromatic heterocycles. The SMILES string of the molecule is CCCC(=O)Nc1cccc(CNC(=O)c2ccc3[nH]c4c(c3c2)CCCC4)c1. The van der Waals surface area contributed by atoms with Crippen LogP contribution in [0.4, 0.5) is 5.69 Å². The fourth-order valence-electron chi connectivity index (χ4n) is 4.04. The molecule has 0 bridgehead atoms. The third-order valence-corrected chi connectivity index (χ3v) is 5.50. The predicted octanol–water partition coefficient (Wildman–Crippen LogP) is 4.72. The van der Waals surface area contributed by atoms with Crippen LogP contribution in [-0.2, 0) is 24.2 Å². The number of carbonyl (C=O) groups is 2. The van der Waals surface area contributed by atoms with Crippen molar-refractivity contribution in [3.05, 3.63) is 64.8 Å². The van der Waals surface area contributed by atoms with Crippen molar-refractivity contribution in [3.8, 4) is 0 Å². The average Bonchev–Trinajstić information content (AvgIpc) is 3.10. The van der Waals surface area contributed by atoms with Crippen LogP contribution in [-0.4, -0.2) is 16.8 Å². The summed E-state index contributed by atoms with van der Waals surface area (Å²) in [6.07, 6.45) is 5.93. The molecular formula is C24H27N3O2. The third-order valence-electron chi connectivity index (χ3n) is 5.50. The molecule has 150 valence electrons. The highest BCUT2D eigenvalue weighted by Crippen LogP contribution is 2.29. The molecule has 0 spiro atoms. The molecule has 0 radical (unpaired) electrons. The van der Waals surface area contributed by atoms with E-state index in [4.69, 9.17) is 0 Å². The van der Waals surface area contributed by atoms with Crippen molar-refractivity contribution in [1.29, 1.82) is 0 Å². The lowest BCUT2D eigenvalue weighted by Gasteiger charge is -2.11. The number of anilines is 1. The molecule has 5 heteroatoms. The molecule has 3 N–H and O–H groups in total. The summed E-state index contributed by atoms with van der Waals surface area (Å²) in [6, 6.07) is 13.5. The third kappa shape index (κ3) is 4.34. The maximum absolute atomic E-state index is 12.7. The smallest absolute Gasteiger partial charge is 0.251 e. The van der Waals surface area contributed by atoms with Gasteiger partial charge in [0.15, 0.2) is 0 Å². The zero-order chi connectivity index (χ0) is 20.2. The van der Waals surface area contributed by atoms with Crippen molar-refractivity contribution in [2.75, 3.05) is 5.32 Å². The quantitative estimate of drug-likeness (QED) is 0.571. The van der Waals surface area contributed by atoms with Crippen molar-refractivity contribution < 1.29 is 9.59 Å². The molecule has 1 heterocycles. The van der Waals surface area contributed by atoms with Crippen LogP contribution in [0.3, 0.4) is 0 Å². The first-order valence-corrected chi connectivity index (χ1v) is 10.4. The Bertz CT molecular complexity index is 1050. The van der Waals surface area contributed by atoms with Crippen molar-refractivity contribution in [2.45, 2.75) is 52.0 Å². The highest BCUT2D eigenvalue weighted by atomic mass is 16.2. The molecule has 2 aromatic carbocycles. The number of rotatable bonds is 6. The number of nitrogens with one attached hydrogen (secondary N) is 3. The van der Waals surface area contributed by atoms with Crippen LogP contribution in [0, 0.1) is 0 Å². The molecule has 0 fully saturated rings. The molecule has 5 nitrogen and oxygen atoms in total. The molecule has 29 heavy (non-hydrogen) atoms. The Balaban J connectivity index is 1.44. The van der Waals surface area contributed by atoms with Gasteiger partial charge in [0.25, 0.3) is 5.91 Å². The summed E-state index contributed by atoms with van der Waals surface area (Å²) in [5.41, 5.74) is 6.20. The first kappa shape index (κ1) is 19.2. The minimum Gasteiger partial charge on any atom is -0.358 e. The summed E-state index contributed by atoms with van der Waals surface area (Å²) in [4.78, 5) is 28.0. The van der Waals surface area contributed by atoms with Gasteiger partial charge in [-0.15, -0.1) is 0 Å². The fraction of sp³-hybridized carbons (Fsp3) is 0.333.